The van der Waals surface area contributed by atoms with Crippen molar-refractivity contribution in [3.8, 4) is 0 Å². The van der Waals surface area contributed by atoms with E-state index in [4.69, 9.17) is 5.73 Å². The Hall–Kier alpha value is -3.31. The summed E-state index contributed by atoms with van der Waals surface area (Å²) in [7, 11) is 0. The number of primary amides is 1. The van der Waals surface area contributed by atoms with Crippen molar-refractivity contribution >= 4 is 28.7 Å². The minimum atomic E-state index is -0.577. The molecule has 0 atom stereocenters. The summed E-state index contributed by atoms with van der Waals surface area (Å²) in [4.78, 5) is 11.7. The Balaban J connectivity index is 2.05. The fourth-order valence-electron chi connectivity index (χ4n) is 2.57. The predicted octanol–water partition coefficient (Wildman–Crippen LogP) is 3.77. The Morgan fingerprint density at radius 1 is 0.840 bits per heavy atom. The van der Waals surface area contributed by atoms with Gasteiger partial charge in [-0.05, 0) is 42.0 Å². The molecule has 5 heteroatoms. The maximum atomic E-state index is 11.7. The van der Waals surface area contributed by atoms with Crippen LogP contribution < -0.4 is 16.4 Å². The highest BCUT2D eigenvalue weighted by atomic mass is 16.3. The van der Waals surface area contributed by atoms with Gasteiger partial charge in [-0.3, -0.25) is 4.79 Å². The van der Waals surface area contributed by atoms with Crippen molar-refractivity contribution in [1.29, 1.82) is 0 Å². The van der Waals surface area contributed by atoms with Crippen LogP contribution in [-0.4, -0.2) is 11.0 Å². The second kappa shape index (κ2) is 7.51. The zero-order chi connectivity index (χ0) is 17.6. The topological polar surface area (TPSA) is 87.4 Å². The largest absolute Gasteiger partial charge is 0.392 e. The molecule has 0 radical (unpaired) electrons. The monoisotopic (exact) mass is 333 g/mol. The van der Waals surface area contributed by atoms with Gasteiger partial charge in [0.2, 0.25) is 5.91 Å². The Morgan fingerprint density at radius 3 is 1.76 bits per heavy atom. The molecule has 0 saturated heterocycles. The highest BCUT2D eigenvalue weighted by molar-refractivity contribution is 5.97. The van der Waals surface area contributed by atoms with Crippen LogP contribution in [0.4, 0.5) is 22.7 Å². The molecule has 0 unspecified atom stereocenters. The number of nitrogens with two attached hydrogens (primary N) is 1. The summed E-state index contributed by atoms with van der Waals surface area (Å²) in [6.45, 7) is -0.270. The van der Waals surface area contributed by atoms with Crippen molar-refractivity contribution in [2.24, 2.45) is 5.73 Å². The predicted molar refractivity (Wildman–Crippen MR) is 100 cm³/mol. The molecule has 3 aromatic carbocycles. The lowest BCUT2D eigenvalue weighted by Gasteiger charge is -2.17. The van der Waals surface area contributed by atoms with Gasteiger partial charge in [0.05, 0.1) is 18.0 Å². The first kappa shape index (κ1) is 16.5. The minimum Gasteiger partial charge on any atom is -0.392 e. The quantitative estimate of drug-likeness (QED) is 0.553. The fraction of sp³-hybridized carbons (Fsp3) is 0.0500. The Bertz CT molecular complexity index is 865. The maximum Gasteiger partial charge on any atom is 0.249 e. The molecule has 0 saturated carbocycles. The number of carbonyl (C=O) groups is 1. The average molecular weight is 333 g/mol. The lowest BCUT2D eigenvalue weighted by atomic mass is 10.0. The van der Waals surface area contributed by atoms with Crippen LogP contribution >= 0.6 is 0 Å². The molecular formula is C20H19N3O2. The summed E-state index contributed by atoms with van der Waals surface area (Å²) < 4.78 is 0. The number of hydrogen-bond acceptors (Lipinski definition) is 4. The molecule has 3 aromatic rings. The molecule has 0 heterocycles. The molecule has 0 aliphatic carbocycles. The van der Waals surface area contributed by atoms with Gasteiger partial charge in [0.25, 0.3) is 0 Å². The van der Waals surface area contributed by atoms with Crippen LogP contribution in [0.1, 0.15) is 15.9 Å². The summed E-state index contributed by atoms with van der Waals surface area (Å²) in [6.07, 6.45) is 0. The third kappa shape index (κ3) is 3.97. The molecule has 0 spiro atoms. The number of hydrogen-bond donors (Lipinski definition) is 4. The highest BCUT2D eigenvalue weighted by Gasteiger charge is 2.14. The van der Waals surface area contributed by atoms with Gasteiger partial charge in [0.15, 0.2) is 0 Å². The van der Waals surface area contributed by atoms with E-state index < -0.39 is 5.91 Å². The van der Waals surface area contributed by atoms with Crippen molar-refractivity contribution < 1.29 is 9.90 Å². The molecular weight excluding hydrogens is 314 g/mol. The molecule has 0 aromatic heterocycles. The molecule has 126 valence electrons. The summed E-state index contributed by atoms with van der Waals surface area (Å²) in [5.41, 5.74) is 9.44. The van der Waals surface area contributed by atoms with E-state index in [9.17, 15) is 9.90 Å². The van der Waals surface area contributed by atoms with Crippen LogP contribution in [0, 0.1) is 0 Å². The number of anilines is 4. The number of amides is 1. The summed E-state index contributed by atoms with van der Waals surface area (Å²) >= 11 is 0. The van der Waals surface area contributed by atoms with E-state index in [1.54, 1.807) is 12.1 Å². The van der Waals surface area contributed by atoms with Gasteiger partial charge < -0.3 is 21.5 Å². The Kier molecular flexibility index (Phi) is 4.97. The third-order valence-corrected chi connectivity index (χ3v) is 3.78. The van der Waals surface area contributed by atoms with Crippen molar-refractivity contribution in [2.45, 2.75) is 6.61 Å². The molecule has 0 aliphatic rings. The van der Waals surface area contributed by atoms with E-state index in [0.29, 0.717) is 16.8 Å². The maximum absolute atomic E-state index is 11.7. The molecule has 0 fully saturated rings. The third-order valence-electron chi connectivity index (χ3n) is 3.78. The minimum absolute atomic E-state index is 0.270. The Labute approximate surface area is 146 Å². The SMILES string of the molecule is NC(=O)c1cc(Nc2ccccc2)c(Nc2ccccc2)cc1CO. The first-order chi connectivity index (χ1) is 12.2. The van der Waals surface area contributed by atoms with E-state index in [-0.39, 0.29) is 6.61 Å². The summed E-state index contributed by atoms with van der Waals surface area (Å²) in [6, 6.07) is 22.7. The number of aliphatic hydroxyl groups excluding tert-OH is 1. The first-order valence-electron chi connectivity index (χ1n) is 7.89. The van der Waals surface area contributed by atoms with E-state index in [1.165, 1.54) is 0 Å². The lowest BCUT2D eigenvalue weighted by molar-refractivity contribution is 0.0997. The highest BCUT2D eigenvalue weighted by Crippen LogP contribution is 2.31. The zero-order valence-corrected chi connectivity index (χ0v) is 13.6. The van der Waals surface area contributed by atoms with Gasteiger partial charge in [-0.1, -0.05) is 36.4 Å². The lowest BCUT2D eigenvalue weighted by Crippen LogP contribution is -2.15. The van der Waals surface area contributed by atoms with Crippen molar-refractivity contribution in [2.75, 3.05) is 10.6 Å². The molecule has 0 aliphatic heterocycles. The van der Waals surface area contributed by atoms with Crippen LogP contribution in [0.2, 0.25) is 0 Å². The normalized spacial score (nSPS) is 10.3. The van der Waals surface area contributed by atoms with Crippen molar-refractivity contribution in [1.82, 2.24) is 0 Å². The van der Waals surface area contributed by atoms with Gasteiger partial charge in [0, 0.05) is 16.9 Å². The Morgan fingerprint density at radius 2 is 1.32 bits per heavy atom. The van der Waals surface area contributed by atoms with Crippen LogP contribution in [0.25, 0.3) is 0 Å². The van der Waals surface area contributed by atoms with Gasteiger partial charge in [-0.15, -0.1) is 0 Å². The molecule has 1 amide bonds. The number of rotatable bonds is 6. The van der Waals surface area contributed by atoms with Gasteiger partial charge in [0.1, 0.15) is 0 Å². The van der Waals surface area contributed by atoms with Crippen LogP contribution in [0.5, 0.6) is 0 Å². The van der Waals surface area contributed by atoms with E-state index in [0.717, 1.165) is 17.1 Å². The number of para-hydroxylation sites is 2. The number of benzene rings is 3. The summed E-state index contributed by atoms with van der Waals surface area (Å²) in [5.74, 6) is -0.577. The number of aliphatic hydroxyl groups is 1. The van der Waals surface area contributed by atoms with Crippen molar-refractivity contribution in [3.05, 3.63) is 83.9 Å². The van der Waals surface area contributed by atoms with E-state index in [2.05, 4.69) is 10.6 Å². The van der Waals surface area contributed by atoms with Crippen LogP contribution in [-0.2, 0) is 6.61 Å². The van der Waals surface area contributed by atoms with Crippen molar-refractivity contribution in [3.63, 3.8) is 0 Å². The number of carbonyl (C=O) groups excluding carboxylic acids is 1. The fourth-order valence-corrected chi connectivity index (χ4v) is 2.57. The summed E-state index contributed by atoms with van der Waals surface area (Å²) in [5, 5.41) is 16.2. The van der Waals surface area contributed by atoms with Gasteiger partial charge >= 0.3 is 0 Å². The zero-order valence-electron chi connectivity index (χ0n) is 13.6. The smallest absolute Gasteiger partial charge is 0.249 e. The second-order valence-electron chi connectivity index (χ2n) is 5.56. The van der Waals surface area contributed by atoms with E-state index in [1.807, 2.05) is 60.7 Å². The van der Waals surface area contributed by atoms with Gasteiger partial charge in [-0.2, -0.15) is 0 Å². The van der Waals surface area contributed by atoms with E-state index >= 15 is 0 Å². The average Bonchev–Trinajstić information content (AvgIpc) is 2.64. The standard InChI is InChI=1S/C20H19N3O2/c21-20(25)17-12-19(23-16-9-5-2-6-10-16)18(11-14(17)13-24)22-15-7-3-1-4-8-15/h1-12,22-24H,13H2,(H2,21,25). The molecule has 3 rings (SSSR count). The molecule has 25 heavy (non-hydrogen) atoms. The van der Waals surface area contributed by atoms with Crippen LogP contribution in [0.3, 0.4) is 0 Å². The second-order valence-corrected chi connectivity index (χ2v) is 5.56. The molecule has 5 nitrogen and oxygen atoms in total. The first-order valence-corrected chi connectivity index (χ1v) is 7.89. The van der Waals surface area contributed by atoms with Crippen LogP contribution in [0.15, 0.2) is 72.8 Å². The molecule has 5 N–H and O–H groups in total. The van der Waals surface area contributed by atoms with Gasteiger partial charge in [-0.25, -0.2) is 0 Å². The number of nitrogens with one attached hydrogen (secondary N) is 2. The molecule has 0 bridgehead atoms.